The highest BCUT2D eigenvalue weighted by Crippen LogP contribution is 2.36. The van der Waals surface area contributed by atoms with Crippen LogP contribution < -0.4 is 13.7 Å². The Morgan fingerprint density at radius 3 is 2.22 bits per heavy atom. The minimum Gasteiger partial charge on any atom is -0.490 e. The third-order valence-electron chi connectivity index (χ3n) is 5.01. The topological polar surface area (TPSA) is 74.2 Å². The number of rotatable bonds is 9. The molecule has 0 spiro atoms. The summed E-state index contributed by atoms with van der Waals surface area (Å²) >= 11 is 2.04. The summed E-state index contributed by atoms with van der Waals surface area (Å²) in [5.41, 5.74) is 2.44. The number of halogens is 1. The second-order valence-electron chi connectivity index (χ2n) is 7.78. The highest BCUT2D eigenvalue weighted by Gasteiger charge is 2.22. The molecule has 0 bridgehead atoms. The summed E-state index contributed by atoms with van der Waals surface area (Å²) < 4.78 is 43.3. The summed E-state index contributed by atoms with van der Waals surface area (Å²) in [7, 11) is -4.02. The molecule has 0 saturated carbocycles. The Morgan fingerprint density at radius 2 is 1.56 bits per heavy atom. The predicted molar refractivity (Wildman–Crippen MR) is 150 cm³/mol. The van der Waals surface area contributed by atoms with Crippen molar-refractivity contribution in [2.45, 2.75) is 18.7 Å². The van der Waals surface area contributed by atoms with Gasteiger partial charge in [0.1, 0.15) is 16.4 Å². The smallest absolute Gasteiger partial charge is 0.339 e. The Hall–Kier alpha value is -3.37. The fourth-order valence-corrected chi connectivity index (χ4v) is 5.08. The van der Waals surface area contributed by atoms with E-state index in [1.807, 2.05) is 91.0 Å². The van der Waals surface area contributed by atoms with Gasteiger partial charge in [-0.05, 0) is 103 Å². The number of ether oxygens (including phenoxy) is 2. The van der Waals surface area contributed by atoms with E-state index < -0.39 is 10.1 Å². The van der Waals surface area contributed by atoms with Crippen molar-refractivity contribution in [3.63, 3.8) is 0 Å². The lowest BCUT2D eigenvalue weighted by molar-refractivity contribution is 0.327. The van der Waals surface area contributed by atoms with E-state index in [1.54, 1.807) is 30.5 Å². The Bertz CT molecular complexity index is 1450. The van der Waals surface area contributed by atoms with Crippen molar-refractivity contribution in [1.29, 1.82) is 0 Å². The second-order valence-corrected chi connectivity index (χ2v) is 10.5. The predicted octanol–water partition coefficient (Wildman–Crippen LogP) is 7.31. The van der Waals surface area contributed by atoms with Gasteiger partial charge in [-0.25, -0.2) is 0 Å². The standard InChI is InChI=1S/C28H24INO5S/c1-3-33-27-18-21(17-26(29)28(27)35-36(31,32)25-15-9-20(2)10-16-25)19-30-22-11-13-24(14-12-22)34-23-7-5-4-6-8-23/h4-19H,3H2,1-2H3. The van der Waals surface area contributed by atoms with Gasteiger partial charge in [-0.1, -0.05) is 35.9 Å². The van der Waals surface area contributed by atoms with Crippen LogP contribution in [0.4, 0.5) is 5.69 Å². The fraction of sp³-hybridized carbons (Fsp3) is 0.107. The van der Waals surface area contributed by atoms with Crippen LogP contribution in [-0.4, -0.2) is 21.2 Å². The summed E-state index contributed by atoms with van der Waals surface area (Å²) in [6.45, 7) is 4.06. The molecular formula is C28H24INO5S. The molecule has 4 aromatic carbocycles. The first kappa shape index (κ1) is 25.7. The molecule has 6 nitrogen and oxygen atoms in total. The molecule has 4 aromatic rings. The van der Waals surface area contributed by atoms with Gasteiger partial charge in [-0.15, -0.1) is 0 Å². The zero-order valence-electron chi connectivity index (χ0n) is 19.7. The summed E-state index contributed by atoms with van der Waals surface area (Å²) in [5.74, 6) is 1.95. The maximum absolute atomic E-state index is 12.8. The molecule has 0 aliphatic rings. The van der Waals surface area contributed by atoms with E-state index in [2.05, 4.69) is 4.99 Å². The molecule has 0 saturated heterocycles. The molecule has 0 atom stereocenters. The van der Waals surface area contributed by atoms with Crippen LogP contribution >= 0.6 is 22.6 Å². The first-order valence-corrected chi connectivity index (χ1v) is 13.7. The van der Waals surface area contributed by atoms with Crippen LogP contribution in [0, 0.1) is 10.5 Å². The number of para-hydroxylation sites is 1. The third-order valence-corrected chi connectivity index (χ3v) is 7.05. The molecular weight excluding hydrogens is 589 g/mol. The number of aryl methyl sites for hydroxylation is 1. The van der Waals surface area contributed by atoms with Crippen molar-refractivity contribution in [2.75, 3.05) is 6.61 Å². The quantitative estimate of drug-likeness (QED) is 0.113. The van der Waals surface area contributed by atoms with Crippen LogP contribution in [0.15, 0.2) is 101 Å². The Kier molecular flexibility index (Phi) is 8.27. The van der Waals surface area contributed by atoms with Gasteiger partial charge in [0.2, 0.25) is 0 Å². The van der Waals surface area contributed by atoms with Gasteiger partial charge in [0, 0.05) is 6.21 Å². The molecule has 0 aliphatic carbocycles. The number of aliphatic imine (C=N–C) groups is 1. The van der Waals surface area contributed by atoms with Gasteiger partial charge in [0.15, 0.2) is 11.5 Å². The highest BCUT2D eigenvalue weighted by molar-refractivity contribution is 14.1. The summed E-state index contributed by atoms with van der Waals surface area (Å²) in [5, 5.41) is 0. The van der Waals surface area contributed by atoms with Crippen molar-refractivity contribution < 1.29 is 22.1 Å². The number of nitrogens with zero attached hydrogens (tertiary/aromatic N) is 1. The van der Waals surface area contributed by atoms with Gasteiger partial charge in [0.05, 0.1) is 15.9 Å². The summed E-state index contributed by atoms with van der Waals surface area (Å²) in [6.07, 6.45) is 1.69. The lowest BCUT2D eigenvalue weighted by Crippen LogP contribution is -2.12. The maximum atomic E-state index is 12.8. The Labute approximate surface area is 224 Å². The molecule has 0 N–H and O–H groups in total. The molecule has 0 radical (unpaired) electrons. The van der Waals surface area contributed by atoms with E-state index in [0.717, 1.165) is 22.6 Å². The van der Waals surface area contributed by atoms with Crippen LogP contribution in [0.2, 0.25) is 0 Å². The van der Waals surface area contributed by atoms with Gasteiger partial charge in [-0.2, -0.15) is 8.42 Å². The van der Waals surface area contributed by atoms with Crippen molar-refractivity contribution in [3.8, 4) is 23.0 Å². The number of hydrogen-bond donors (Lipinski definition) is 0. The van der Waals surface area contributed by atoms with Crippen LogP contribution in [0.5, 0.6) is 23.0 Å². The zero-order valence-corrected chi connectivity index (χ0v) is 22.7. The number of hydrogen-bond acceptors (Lipinski definition) is 6. The fourth-order valence-electron chi connectivity index (χ4n) is 3.24. The van der Waals surface area contributed by atoms with E-state index >= 15 is 0 Å². The van der Waals surface area contributed by atoms with Crippen molar-refractivity contribution in [2.24, 2.45) is 4.99 Å². The number of benzene rings is 4. The van der Waals surface area contributed by atoms with E-state index in [4.69, 9.17) is 13.7 Å². The average molecular weight is 613 g/mol. The Balaban J connectivity index is 1.53. The van der Waals surface area contributed by atoms with E-state index in [-0.39, 0.29) is 10.6 Å². The van der Waals surface area contributed by atoms with Crippen LogP contribution in [-0.2, 0) is 10.1 Å². The molecule has 0 aromatic heterocycles. The van der Waals surface area contributed by atoms with Gasteiger partial charge < -0.3 is 13.7 Å². The minimum absolute atomic E-state index is 0.0803. The van der Waals surface area contributed by atoms with Crippen molar-refractivity contribution >= 4 is 44.6 Å². The molecule has 184 valence electrons. The van der Waals surface area contributed by atoms with E-state index in [0.29, 0.717) is 21.7 Å². The first-order chi connectivity index (χ1) is 17.3. The van der Waals surface area contributed by atoms with Crippen molar-refractivity contribution in [3.05, 3.63) is 106 Å². The molecule has 36 heavy (non-hydrogen) atoms. The lowest BCUT2D eigenvalue weighted by Gasteiger charge is -2.14. The Morgan fingerprint density at radius 1 is 0.889 bits per heavy atom. The monoisotopic (exact) mass is 613 g/mol. The SMILES string of the molecule is CCOc1cc(C=Nc2ccc(Oc3ccccc3)cc2)cc(I)c1OS(=O)(=O)c1ccc(C)cc1. The van der Waals surface area contributed by atoms with Crippen LogP contribution in [0.3, 0.4) is 0 Å². The normalized spacial score (nSPS) is 11.4. The molecule has 0 amide bonds. The summed E-state index contributed by atoms with van der Waals surface area (Å²) in [6, 6.07) is 27.0. The molecule has 0 unspecified atom stereocenters. The lowest BCUT2D eigenvalue weighted by atomic mass is 10.2. The zero-order chi connectivity index (χ0) is 25.5. The van der Waals surface area contributed by atoms with Gasteiger partial charge >= 0.3 is 10.1 Å². The molecule has 8 heteroatoms. The molecule has 4 rings (SSSR count). The molecule has 0 aliphatic heterocycles. The second kappa shape index (κ2) is 11.6. The molecule has 0 heterocycles. The van der Waals surface area contributed by atoms with E-state index in [9.17, 15) is 8.42 Å². The largest absolute Gasteiger partial charge is 0.490 e. The maximum Gasteiger partial charge on any atom is 0.339 e. The first-order valence-electron chi connectivity index (χ1n) is 11.2. The third kappa shape index (κ3) is 6.64. The highest BCUT2D eigenvalue weighted by atomic mass is 127. The van der Waals surface area contributed by atoms with Gasteiger partial charge in [-0.3, -0.25) is 4.99 Å². The average Bonchev–Trinajstić information content (AvgIpc) is 2.87. The van der Waals surface area contributed by atoms with Crippen LogP contribution in [0.25, 0.3) is 0 Å². The van der Waals surface area contributed by atoms with E-state index in [1.165, 1.54) is 12.1 Å². The minimum atomic E-state index is -4.02. The molecule has 0 fully saturated rings. The van der Waals surface area contributed by atoms with Crippen molar-refractivity contribution in [1.82, 2.24) is 0 Å². The summed E-state index contributed by atoms with van der Waals surface area (Å²) in [4.78, 5) is 4.61. The van der Waals surface area contributed by atoms with Crippen LogP contribution in [0.1, 0.15) is 18.1 Å². The van der Waals surface area contributed by atoms with Gasteiger partial charge in [0.25, 0.3) is 0 Å².